The Balaban J connectivity index is 1.33. The number of aliphatic hydroxyl groups excluding tert-OH is 1. The molecule has 0 aliphatic carbocycles. The van der Waals surface area contributed by atoms with Crippen molar-refractivity contribution in [3.8, 4) is 5.75 Å². The Kier molecular flexibility index (Phi) is 10.8. The van der Waals surface area contributed by atoms with Gasteiger partial charge in [0.15, 0.2) is 0 Å². The van der Waals surface area contributed by atoms with Crippen molar-refractivity contribution < 1.29 is 24.2 Å². The number of carbonyl (C=O) groups is 3. The molecule has 3 fully saturated rings. The van der Waals surface area contributed by atoms with Gasteiger partial charge in [-0.25, -0.2) is 0 Å². The van der Waals surface area contributed by atoms with E-state index in [-0.39, 0.29) is 47.5 Å². The van der Waals surface area contributed by atoms with Crippen molar-refractivity contribution in [2.75, 3.05) is 36.1 Å². The zero-order valence-electron chi connectivity index (χ0n) is 29.7. The number of amides is 3. The molecule has 3 unspecified atom stereocenters. The van der Waals surface area contributed by atoms with Crippen LogP contribution >= 0.6 is 27.7 Å². The number of fused-ring (bicyclic) bond motifs is 2. The smallest absolute Gasteiger partial charge is 0.251 e. The molecule has 8 nitrogen and oxygen atoms in total. The SMILES string of the molecule is C=CCN(C(=O)C1N([C@@H](CO)Cc2ccccc2)C(=O)[C@@H]2[C@H](C(=O)N(CC=C)c3ccc(OCC)cc3)[C@H]3SC12CC3Br)c1ccc2ccccc2c1. The van der Waals surface area contributed by atoms with Gasteiger partial charge in [-0.3, -0.25) is 14.4 Å². The molecular formula is C43H44BrN3O5S. The summed E-state index contributed by atoms with van der Waals surface area (Å²) in [5.74, 6) is -1.52. The molecule has 3 heterocycles. The molecular weight excluding hydrogens is 750 g/mol. The van der Waals surface area contributed by atoms with Crippen molar-refractivity contribution >= 4 is 67.6 Å². The third-order valence-corrected chi connectivity index (χ3v) is 14.0. The lowest BCUT2D eigenvalue weighted by molar-refractivity contribution is -0.141. The van der Waals surface area contributed by atoms with Gasteiger partial charge in [0, 0.05) is 34.5 Å². The number of thioether (sulfide) groups is 1. The van der Waals surface area contributed by atoms with Gasteiger partial charge < -0.3 is 24.5 Å². The Labute approximate surface area is 323 Å². The molecule has 4 aromatic rings. The third kappa shape index (κ3) is 6.59. The molecule has 4 aromatic carbocycles. The zero-order valence-corrected chi connectivity index (χ0v) is 32.1. The van der Waals surface area contributed by atoms with Crippen LogP contribution in [-0.4, -0.2) is 80.9 Å². The summed E-state index contributed by atoms with van der Waals surface area (Å²) in [7, 11) is 0. The fourth-order valence-electron chi connectivity index (χ4n) is 8.62. The predicted molar refractivity (Wildman–Crippen MR) is 217 cm³/mol. The van der Waals surface area contributed by atoms with Crippen molar-refractivity contribution in [3.05, 3.63) is 128 Å². The first-order valence-corrected chi connectivity index (χ1v) is 19.9. The number of aliphatic hydroxyl groups is 1. The van der Waals surface area contributed by atoms with Gasteiger partial charge in [0.1, 0.15) is 11.8 Å². The van der Waals surface area contributed by atoms with E-state index in [1.54, 1.807) is 38.6 Å². The second-order valence-corrected chi connectivity index (χ2v) is 16.6. The maximum atomic E-state index is 15.4. The summed E-state index contributed by atoms with van der Waals surface area (Å²) in [6.07, 6.45) is 4.25. The summed E-state index contributed by atoms with van der Waals surface area (Å²) >= 11 is 5.51. The number of rotatable bonds is 14. The first-order chi connectivity index (χ1) is 25.8. The Morgan fingerprint density at radius 1 is 0.943 bits per heavy atom. The number of ether oxygens (including phenoxy) is 1. The van der Waals surface area contributed by atoms with Gasteiger partial charge in [-0.2, -0.15) is 0 Å². The summed E-state index contributed by atoms with van der Waals surface area (Å²) in [5.41, 5.74) is 2.30. The second-order valence-electron chi connectivity index (χ2n) is 13.9. The third-order valence-electron chi connectivity index (χ3n) is 10.8. The molecule has 0 saturated carbocycles. The molecule has 3 aliphatic heterocycles. The van der Waals surface area contributed by atoms with Crippen molar-refractivity contribution in [2.45, 2.75) is 46.7 Å². The Hall–Kier alpha value is -4.38. The van der Waals surface area contributed by atoms with Crippen LogP contribution in [0, 0.1) is 11.8 Å². The number of halogens is 1. The van der Waals surface area contributed by atoms with E-state index in [1.807, 2.05) is 104 Å². The molecule has 0 radical (unpaired) electrons. The minimum absolute atomic E-state index is 0.123. The number of hydrogen-bond donors (Lipinski definition) is 1. The maximum absolute atomic E-state index is 15.4. The standard InChI is InChI=1S/C43H44BrN3O5S/c1-4-22-45(31-18-20-34(21-19-31)52-6-3)40(49)36-37-41(50)47(33(27-48)24-28-12-8-7-9-13-28)39(43(37)26-35(44)38(36)53-43)42(51)46(23-5-2)32-17-16-29-14-10-11-15-30(29)25-32/h4-5,7-21,25,33,35-39,48H,1-2,6,22-24,26-27H2,3H3/t33-,35?,36+,37+,38+,39?,43?/m1/s1. The predicted octanol–water partition coefficient (Wildman–Crippen LogP) is 7.04. The van der Waals surface area contributed by atoms with Crippen molar-refractivity contribution in [3.63, 3.8) is 0 Å². The lowest BCUT2D eigenvalue weighted by Gasteiger charge is -2.40. The van der Waals surface area contributed by atoms with Crippen LogP contribution in [-0.2, 0) is 20.8 Å². The summed E-state index contributed by atoms with van der Waals surface area (Å²) in [4.78, 5) is 50.5. The van der Waals surface area contributed by atoms with E-state index in [1.165, 1.54) is 0 Å². The van der Waals surface area contributed by atoms with E-state index in [2.05, 4.69) is 29.1 Å². The normalized spacial score (nSPS) is 24.8. The fourth-order valence-corrected chi connectivity index (χ4v) is 12.2. The summed E-state index contributed by atoms with van der Waals surface area (Å²) in [6, 6.07) is 29.3. The first kappa shape index (κ1) is 37.0. The quantitative estimate of drug-likeness (QED) is 0.109. The highest BCUT2D eigenvalue weighted by molar-refractivity contribution is 9.09. The van der Waals surface area contributed by atoms with E-state index >= 15 is 9.59 Å². The lowest BCUT2D eigenvalue weighted by Crippen LogP contribution is -2.58. The monoisotopic (exact) mass is 793 g/mol. The van der Waals surface area contributed by atoms with E-state index in [9.17, 15) is 9.90 Å². The molecule has 53 heavy (non-hydrogen) atoms. The Bertz CT molecular complexity index is 2010. The van der Waals surface area contributed by atoms with E-state index in [0.717, 1.165) is 16.3 Å². The highest BCUT2D eigenvalue weighted by atomic mass is 79.9. The minimum atomic E-state index is -0.946. The van der Waals surface area contributed by atoms with E-state index in [4.69, 9.17) is 4.74 Å². The molecule has 1 spiro atoms. The number of likely N-dealkylation sites (tertiary alicyclic amines) is 1. The Morgan fingerprint density at radius 3 is 2.25 bits per heavy atom. The average Bonchev–Trinajstić information content (AvgIpc) is 3.78. The highest BCUT2D eigenvalue weighted by Gasteiger charge is 2.76. The highest BCUT2D eigenvalue weighted by Crippen LogP contribution is 2.68. The number of anilines is 2. The van der Waals surface area contributed by atoms with Crippen LogP contribution < -0.4 is 14.5 Å². The maximum Gasteiger partial charge on any atom is 0.251 e. The van der Waals surface area contributed by atoms with Gasteiger partial charge in [-0.05, 0) is 72.5 Å². The fraction of sp³-hybridized carbons (Fsp3) is 0.326. The van der Waals surface area contributed by atoms with Crippen molar-refractivity contribution in [1.29, 1.82) is 0 Å². The van der Waals surface area contributed by atoms with E-state index < -0.39 is 28.7 Å². The number of alkyl halides is 1. The van der Waals surface area contributed by atoms with Crippen LogP contribution in [0.2, 0.25) is 0 Å². The molecule has 10 heteroatoms. The van der Waals surface area contributed by atoms with Crippen molar-refractivity contribution in [1.82, 2.24) is 4.90 Å². The first-order valence-electron chi connectivity index (χ1n) is 18.1. The molecule has 7 atom stereocenters. The second kappa shape index (κ2) is 15.5. The number of nitrogens with zero attached hydrogens (tertiary/aromatic N) is 3. The number of hydrogen-bond acceptors (Lipinski definition) is 6. The summed E-state index contributed by atoms with van der Waals surface area (Å²) < 4.78 is 4.73. The van der Waals surface area contributed by atoms with Gasteiger partial charge in [0.2, 0.25) is 11.8 Å². The van der Waals surface area contributed by atoms with Gasteiger partial charge in [0.05, 0.1) is 35.8 Å². The van der Waals surface area contributed by atoms with Gasteiger partial charge in [-0.1, -0.05) is 88.7 Å². The molecule has 274 valence electrons. The van der Waals surface area contributed by atoms with Gasteiger partial charge >= 0.3 is 0 Å². The Morgan fingerprint density at radius 2 is 1.58 bits per heavy atom. The van der Waals surface area contributed by atoms with Crippen LogP contribution in [0.1, 0.15) is 18.9 Å². The molecule has 3 amide bonds. The van der Waals surface area contributed by atoms with E-state index in [0.29, 0.717) is 36.6 Å². The van der Waals surface area contributed by atoms with Crippen LogP contribution in [0.5, 0.6) is 5.75 Å². The zero-order chi connectivity index (χ0) is 37.3. The average molecular weight is 795 g/mol. The molecule has 3 saturated heterocycles. The molecule has 7 rings (SSSR count). The number of benzene rings is 4. The van der Waals surface area contributed by atoms with Crippen LogP contribution in [0.4, 0.5) is 11.4 Å². The van der Waals surface area contributed by atoms with Crippen LogP contribution in [0.3, 0.4) is 0 Å². The summed E-state index contributed by atoms with van der Waals surface area (Å²) in [5, 5.41) is 12.8. The van der Waals surface area contributed by atoms with Gasteiger partial charge in [0.25, 0.3) is 5.91 Å². The largest absolute Gasteiger partial charge is 0.494 e. The molecule has 0 aromatic heterocycles. The van der Waals surface area contributed by atoms with Crippen LogP contribution in [0.15, 0.2) is 122 Å². The topological polar surface area (TPSA) is 90.4 Å². The lowest BCUT2D eigenvalue weighted by atomic mass is 9.70. The molecule has 1 N–H and O–H groups in total. The number of carbonyl (C=O) groups excluding carboxylic acids is 3. The molecule has 3 aliphatic rings. The van der Waals surface area contributed by atoms with Gasteiger partial charge in [-0.15, -0.1) is 24.9 Å². The summed E-state index contributed by atoms with van der Waals surface area (Å²) in [6.45, 7) is 10.5. The molecule has 2 bridgehead atoms. The minimum Gasteiger partial charge on any atom is -0.494 e. The van der Waals surface area contributed by atoms with Crippen molar-refractivity contribution in [2.24, 2.45) is 11.8 Å². The van der Waals surface area contributed by atoms with Crippen LogP contribution in [0.25, 0.3) is 10.8 Å².